The molecule has 6 heteroatoms. The summed E-state index contributed by atoms with van der Waals surface area (Å²) in [7, 11) is 0. The summed E-state index contributed by atoms with van der Waals surface area (Å²) in [6.45, 7) is 0.650. The summed E-state index contributed by atoms with van der Waals surface area (Å²) in [6, 6.07) is 19.0. The molecule has 0 aliphatic heterocycles. The average molecular weight is 428 g/mol. The molecule has 5 rings (SSSR count). The van der Waals surface area contributed by atoms with Crippen molar-refractivity contribution in [3.63, 3.8) is 0 Å². The Balaban J connectivity index is 1.52. The van der Waals surface area contributed by atoms with E-state index in [-0.39, 0.29) is 5.82 Å². The Labute approximate surface area is 187 Å². The van der Waals surface area contributed by atoms with Gasteiger partial charge in [-0.3, -0.25) is 0 Å². The zero-order chi connectivity index (χ0) is 21.8. The molecule has 0 amide bonds. The topological polar surface area (TPSA) is 55.6 Å². The maximum absolute atomic E-state index is 13.5. The van der Waals surface area contributed by atoms with Crippen molar-refractivity contribution in [3.05, 3.63) is 84.6 Å². The number of hydrogen-bond donors (Lipinski definition) is 1. The Morgan fingerprint density at radius 3 is 2.47 bits per heavy atom. The van der Waals surface area contributed by atoms with Crippen LogP contribution in [0.1, 0.15) is 43.7 Å². The molecule has 0 saturated heterocycles. The first-order chi connectivity index (χ1) is 15.8. The van der Waals surface area contributed by atoms with Gasteiger partial charge in [0.25, 0.3) is 0 Å². The van der Waals surface area contributed by atoms with Crippen molar-refractivity contribution in [1.82, 2.24) is 19.5 Å². The molecule has 4 aromatic rings. The van der Waals surface area contributed by atoms with Gasteiger partial charge in [0.15, 0.2) is 0 Å². The van der Waals surface area contributed by atoms with Crippen LogP contribution in [-0.2, 0) is 6.54 Å². The number of benzene rings is 2. The Hall–Kier alpha value is -3.54. The largest absolute Gasteiger partial charge is 0.350 e. The van der Waals surface area contributed by atoms with E-state index in [1.165, 1.54) is 37.0 Å². The molecule has 2 aromatic carbocycles. The zero-order valence-corrected chi connectivity index (χ0v) is 17.9. The molecule has 1 aliphatic rings. The molecule has 0 radical (unpaired) electrons. The van der Waals surface area contributed by atoms with Crippen LogP contribution in [0.25, 0.3) is 22.6 Å². The summed E-state index contributed by atoms with van der Waals surface area (Å²) in [5, 5.41) is 3.33. The number of nitrogens with zero attached hydrogens (tertiary/aromatic N) is 4. The van der Waals surface area contributed by atoms with Gasteiger partial charge in [0.05, 0.1) is 23.4 Å². The molecular formula is C26H26FN5. The third-order valence-corrected chi connectivity index (χ3v) is 6.07. The summed E-state index contributed by atoms with van der Waals surface area (Å²) in [5.41, 5.74) is 4.66. The van der Waals surface area contributed by atoms with Crippen molar-refractivity contribution in [2.75, 3.05) is 5.32 Å². The van der Waals surface area contributed by atoms with Crippen LogP contribution in [0.4, 0.5) is 10.3 Å². The SMILES string of the molecule is Fc1ccc(-c2ncn(C3CCCCC3)c2-c2ccnc(NCc3ccccc3)n2)cc1. The molecule has 1 N–H and O–H groups in total. The number of hydrogen-bond acceptors (Lipinski definition) is 4. The fourth-order valence-corrected chi connectivity index (χ4v) is 4.42. The smallest absolute Gasteiger partial charge is 0.223 e. The van der Waals surface area contributed by atoms with Gasteiger partial charge in [-0.05, 0) is 48.7 Å². The van der Waals surface area contributed by atoms with Gasteiger partial charge in [-0.2, -0.15) is 0 Å². The summed E-state index contributed by atoms with van der Waals surface area (Å²) in [4.78, 5) is 14.0. The van der Waals surface area contributed by atoms with Crippen molar-refractivity contribution >= 4 is 5.95 Å². The highest BCUT2D eigenvalue weighted by atomic mass is 19.1. The number of nitrogens with one attached hydrogen (secondary N) is 1. The summed E-state index contributed by atoms with van der Waals surface area (Å²) >= 11 is 0. The molecule has 1 saturated carbocycles. The number of halogens is 1. The van der Waals surface area contributed by atoms with E-state index >= 15 is 0 Å². The highest BCUT2D eigenvalue weighted by Gasteiger charge is 2.23. The lowest BCUT2D eigenvalue weighted by atomic mass is 9.95. The van der Waals surface area contributed by atoms with Gasteiger partial charge in [-0.15, -0.1) is 0 Å². The molecule has 1 aliphatic carbocycles. The first kappa shape index (κ1) is 20.4. The van der Waals surface area contributed by atoms with E-state index in [0.29, 0.717) is 18.5 Å². The Morgan fingerprint density at radius 1 is 0.906 bits per heavy atom. The molecule has 162 valence electrons. The van der Waals surface area contributed by atoms with Crippen molar-refractivity contribution in [2.24, 2.45) is 0 Å². The Bertz CT molecular complexity index is 1160. The maximum Gasteiger partial charge on any atom is 0.223 e. The third kappa shape index (κ3) is 4.40. The lowest BCUT2D eigenvalue weighted by molar-refractivity contribution is 0.355. The van der Waals surface area contributed by atoms with Crippen LogP contribution in [0.3, 0.4) is 0 Å². The van der Waals surface area contributed by atoms with Gasteiger partial charge < -0.3 is 9.88 Å². The normalized spacial score (nSPS) is 14.4. The monoisotopic (exact) mass is 427 g/mol. The minimum Gasteiger partial charge on any atom is -0.350 e. The van der Waals surface area contributed by atoms with Crippen LogP contribution in [0.15, 0.2) is 73.2 Å². The minimum absolute atomic E-state index is 0.253. The van der Waals surface area contributed by atoms with Crippen LogP contribution < -0.4 is 5.32 Å². The van der Waals surface area contributed by atoms with Crippen LogP contribution in [0.5, 0.6) is 0 Å². The Kier molecular flexibility index (Phi) is 5.92. The second kappa shape index (κ2) is 9.30. The molecule has 0 spiro atoms. The predicted octanol–water partition coefficient (Wildman–Crippen LogP) is 6.26. The van der Waals surface area contributed by atoms with Crippen LogP contribution in [0, 0.1) is 5.82 Å². The quantitative estimate of drug-likeness (QED) is 0.394. The van der Waals surface area contributed by atoms with Gasteiger partial charge >= 0.3 is 0 Å². The summed E-state index contributed by atoms with van der Waals surface area (Å²) in [6.07, 6.45) is 9.70. The van der Waals surface area contributed by atoms with Crippen molar-refractivity contribution in [1.29, 1.82) is 0 Å². The number of imidazole rings is 1. The van der Waals surface area contributed by atoms with E-state index in [0.717, 1.165) is 35.5 Å². The van der Waals surface area contributed by atoms with Crippen LogP contribution in [-0.4, -0.2) is 19.5 Å². The fraction of sp³-hybridized carbons (Fsp3) is 0.269. The summed E-state index contributed by atoms with van der Waals surface area (Å²) < 4.78 is 15.8. The van der Waals surface area contributed by atoms with E-state index < -0.39 is 0 Å². The first-order valence-electron chi connectivity index (χ1n) is 11.2. The lowest BCUT2D eigenvalue weighted by Crippen LogP contribution is -2.13. The molecule has 2 aromatic heterocycles. The van der Waals surface area contributed by atoms with E-state index in [4.69, 9.17) is 9.97 Å². The van der Waals surface area contributed by atoms with Crippen molar-refractivity contribution < 1.29 is 4.39 Å². The molecule has 0 atom stereocenters. The standard InChI is InChI=1S/C26H26FN5/c27-21-13-11-20(12-14-21)24-25(32(18-30-24)22-9-5-2-6-10-22)23-15-16-28-26(31-23)29-17-19-7-3-1-4-8-19/h1,3-4,7-8,11-16,18,22H,2,5-6,9-10,17H2,(H,28,29,31). The molecule has 2 heterocycles. The van der Waals surface area contributed by atoms with Crippen molar-refractivity contribution in [3.8, 4) is 22.6 Å². The van der Waals surface area contributed by atoms with Gasteiger partial charge in [-0.25, -0.2) is 19.3 Å². The van der Waals surface area contributed by atoms with E-state index in [1.807, 2.05) is 30.6 Å². The second-order valence-corrected chi connectivity index (χ2v) is 8.25. The van der Waals surface area contributed by atoms with Crippen molar-refractivity contribution in [2.45, 2.75) is 44.7 Å². The minimum atomic E-state index is -0.253. The fourth-order valence-electron chi connectivity index (χ4n) is 4.42. The first-order valence-corrected chi connectivity index (χ1v) is 11.2. The van der Waals surface area contributed by atoms with Gasteiger partial charge in [0, 0.05) is 24.3 Å². The zero-order valence-electron chi connectivity index (χ0n) is 17.9. The predicted molar refractivity (Wildman–Crippen MR) is 125 cm³/mol. The number of aromatic nitrogens is 4. The maximum atomic E-state index is 13.5. The summed E-state index contributed by atoms with van der Waals surface area (Å²) in [5.74, 6) is 0.323. The highest BCUT2D eigenvalue weighted by molar-refractivity contribution is 5.77. The van der Waals surface area contributed by atoms with E-state index in [1.54, 1.807) is 18.3 Å². The van der Waals surface area contributed by atoms with Gasteiger partial charge in [0.2, 0.25) is 5.95 Å². The number of rotatable bonds is 6. The molecule has 1 fully saturated rings. The lowest BCUT2D eigenvalue weighted by Gasteiger charge is -2.25. The molecule has 32 heavy (non-hydrogen) atoms. The Morgan fingerprint density at radius 2 is 1.69 bits per heavy atom. The number of anilines is 1. The van der Waals surface area contributed by atoms with E-state index in [9.17, 15) is 4.39 Å². The van der Waals surface area contributed by atoms with Crippen LogP contribution in [0.2, 0.25) is 0 Å². The molecule has 0 unspecified atom stereocenters. The molecular weight excluding hydrogens is 401 g/mol. The second-order valence-electron chi connectivity index (χ2n) is 8.25. The van der Waals surface area contributed by atoms with Gasteiger partial charge in [0.1, 0.15) is 5.82 Å². The van der Waals surface area contributed by atoms with E-state index in [2.05, 4.69) is 27.0 Å². The third-order valence-electron chi connectivity index (χ3n) is 6.07. The average Bonchev–Trinajstić information content (AvgIpc) is 3.30. The van der Waals surface area contributed by atoms with Crippen LogP contribution >= 0.6 is 0 Å². The highest BCUT2D eigenvalue weighted by Crippen LogP contribution is 2.37. The molecule has 0 bridgehead atoms. The van der Waals surface area contributed by atoms with Gasteiger partial charge in [-0.1, -0.05) is 49.6 Å². The molecule has 5 nitrogen and oxygen atoms in total.